The number of nitrogens with zero attached hydrogens (tertiary/aromatic N) is 1. The van der Waals surface area contributed by atoms with E-state index in [2.05, 4.69) is 4.37 Å². The number of aldehydes is 1. The summed E-state index contributed by atoms with van der Waals surface area (Å²) < 4.78 is 4.61. The first-order valence-corrected chi connectivity index (χ1v) is 4.57. The minimum atomic E-state index is -0.979. The summed E-state index contributed by atoms with van der Waals surface area (Å²) in [6.07, 6.45) is 0.666. The summed E-state index contributed by atoms with van der Waals surface area (Å²) in [5.41, 5.74) is 0.570. The minimum absolute atomic E-state index is 0.207. The Kier molecular flexibility index (Phi) is 2.01. The molecule has 0 unspecified atom stereocenters. The SMILES string of the molecule is O=Cc1nsc2cc(C(=O)O)ccc12. The van der Waals surface area contributed by atoms with E-state index in [0.717, 1.165) is 11.5 Å². The highest BCUT2D eigenvalue weighted by atomic mass is 32.1. The maximum Gasteiger partial charge on any atom is 0.335 e. The molecule has 2 aromatic rings. The Balaban J connectivity index is 2.68. The molecule has 0 aliphatic rings. The Morgan fingerprint density at radius 1 is 1.50 bits per heavy atom. The van der Waals surface area contributed by atoms with Gasteiger partial charge in [0.05, 0.1) is 10.3 Å². The van der Waals surface area contributed by atoms with Gasteiger partial charge in [0.1, 0.15) is 5.69 Å². The number of aromatic carboxylic acids is 1. The third-order valence-electron chi connectivity index (χ3n) is 1.86. The number of hydrogen-bond acceptors (Lipinski definition) is 4. The van der Waals surface area contributed by atoms with Crippen molar-refractivity contribution in [3.63, 3.8) is 0 Å². The van der Waals surface area contributed by atoms with Crippen LogP contribution in [0.4, 0.5) is 0 Å². The van der Waals surface area contributed by atoms with Crippen molar-refractivity contribution < 1.29 is 14.7 Å². The molecule has 5 heteroatoms. The van der Waals surface area contributed by atoms with Gasteiger partial charge in [-0.05, 0) is 23.7 Å². The summed E-state index contributed by atoms with van der Waals surface area (Å²) in [7, 11) is 0. The van der Waals surface area contributed by atoms with Gasteiger partial charge in [-0.1, -0.05) is 6.07 Å². The average molecular weight is 207 g/mol. The lowest BCUT2D eigenvalue weighted by molar-refractivity contribution is 0.0697. The summed E-state index contributed by atoms with van der Waals surface area (Å²) in [5, 5.41) is 9.43. The van der Waals surface area contributed by atoms with Crippen LogP contribution in [0.25, 0.3) is 10.1 Å². The molecule has 1 heterocycles. The molecule has 0 spiro atoms. The van der Waals surface area contributed by atoms with Crippen molar-refractivity contribution in [2.75, 3.05) is 0 Å². The molecule has 0 fully saturated rings. The van der Waals surface area contributed by atoms with Gasteiger partial charge in [-0.2, -0.15) is 4.37 Å². The molecule has 1 aromatic carbocycles. The maximum absolute atomic E-state index is 10.6. The molecule has 70 valence electrons. The molecule has 0 atom stereocenters. The third-order valence-corrected chi connectivity index (χ3v) is 2.68. The van der Waals surface area contributed by atoms with Gasteiger partial charge in [0, 0.05) is 5.39 Å². The first kappa shape index (κ1) is 8.83. The van der Waals surface area contributed by atoms with E-state index in [-0.39, 0.29) is 5.56 Å². The summed E-state index contributed by atoms with van der Waals surface area (Å²) >= 11 is 1.13. The molecule has 0 saturated carbocycles. The highest BCUT2D eigenvalue weighted by Gasteiger charge is 2.08. The number of carbonyl (C=O) groups is 2. The smallest absolute Gasteiger partial charge is 0.335 e. The summed E-state index contributed by atoms with van der Waals surface area (Å²) in [5.74, 6) is -0.979. The lowest BCUT2D eigenvalue weighted by Gasteiger charge is -1.93. The molecular formula is C9H5NO3S. The Labute approximate surface area is 83.0 Å². The lowest BCUT2D eigenvalue weighted by Crippen LogP contribution is -1.94. The van der Waals surface area contributed by atoms with Crippen LogP contribution in [-0.4, -0.2) is 21.7 Å². The number of carboxylic acid groups (broad SMARTS) is 1. The van der Waals surface area contributed by atoms with E-state index in [4.69, 9.17) is 5.11 Å². The zero-order chi connectivity index (χ0) is 10.1. The maximum atomic E-state index is 10.6. The zero-order valence-corrected chi connectivity index (χ0v) is 7.75. The number of hydrogen-bond donors (Lipinski definition) is 1. The molecule has 1 N–H and O–H groups in total. The predicted molar refractivity (Wildman–Crippen MR) is 52.0 cm³/mol. The molecule has 14 heavy (non-hydrogen) atoms. The molecule has 4 nitrogen and oxygen atoms in total. The van der Waals surface area contributed by atoms with E-state index in [1.807, 2.05) is 0 Å². The second-order valence-corrected chi connectivity index (χ2v) is 3.51. The Morgan fingerprint density at radius 3 is 2.93 bits per heavy atom. The Hall–Kier alpha value is -1.75. The van der Waals surface area contributed by atoms with E-state index in [0.29, 0.717) is 22.1 Å². The van der Waals surface area contributed by atoms with E-state index in [9.17, 15) is 9.59 Å². The van der Waals surface area contributed by atoms with Gasteiger partial charge >= 0.3 is 5.97 Å². The van der Waals surface area contributed by atoms with Gasteiger partial charge in [0.25, 0.3) is 0 Å². The first-order valence-electron chi connectivity index (χ1n) is 3.80. The quantitative estimate of drug-likeness (QED) is 0.762. The molecule has 2 rings (SSSR count). The molecule has 0 saturated heterocycles. The van der Waals surface area contributed by atoms with E-state index in [1.165, 1.54) is 12.1 Å². The van der Waals surface area contributed by atoms with Crippen molar-refractivity contribution in [1.82, 2.24) is 4.37 Å². The standard InChI is InChI=1S/C9H5NO3S/c11-4-7-6-2-1-5(9(12)13)3-8(6)14-10-7/h1-4H,(H,12,13). The number of aromatic nitrogens is 1. The van der Waals surface area contributed by atoms with Gasteiger partial charge in [0.15, 0.2) is 6.29 Å². The number of fused-ring (bicyclic) bond motifs is 1. The highest BCUT2D eigenvalue weighted by Crippen LogP contribution is 2.22. The van der Waals surface area contributed by atoms with Crippen LogP contribution in [0, 0.1) is 0 Å². The van der Waals surface area contributed by atoms with Gasteiger partial charge < -0.3 is 5.11 Å². The van der Waals surface area contributed by atoms with Crippen molar-refractivity contribution in [2.45, 2.75) is 0 Å². The topological polar surface area (TPSA) is 67.3 Å². The number of carboxylic acids is 1. The van der Waals surface area contributed by atoms with Crippen molar-refractivity contribution in [1.29, 1.82) is 0 Å². The van der Waals surface area contributed by atoms with Gasteiger partial charge in [-0.15, -0.1) is 0 Å². The summed E-state index contributed by atoms with van der Waals surface area (Å²) in [6, 6.07) is 4.58. The van der Waals surface area contributed by atoms with Crippen LogP contribution < -0.4 is 0 Å². The van der Waals surface area contributed by atoms with Crippen molar-refractivity contribution in [2.24, 2.45) is 0 Å². The monoisotopic (exact) mass is 207 g/mol. The second-order valence-electron chi connectivity index (χ2n) is 2.70. The van der Waals surface area contributed by atoms with Crippen LogP contribution in [0.5, 0.6) is 0 Å². The third kappa shape index (κ3) is 1.27. The number of rotatable bonds is 2. The first-order chi connectivity index (χ1) is 6.72. The normalized spacial score (nSPS) is 10.3. The van der Waals surface area contributed by atoms with E-state index < -0.39 is 5.97 Å². The van der Waals surface area contributed by atoms with E-state index in [1.54, 1.807) is 6.07 Å². The minimum Gasteiger partial charge on any atom is -0.478 e. The van der Waals surface area contributed by atoms with Gasteiger partial charge in [0.2, 0.25) is 0 Å². The molecule has 0 aliphatic carbocycles. The van der Waals surface area contributed by atoms with Crippen molar-refractivity contribution >= 4 is 33.9 Å². The van der Waals surface area contributed by atoms with Crippen LogP contribution in [0.1, 0.15) is 20.8 Å². The number of carbonyl (C=O) groups excluding carboxylic acids is 1. The van der Waals surface area contributed by atoms with Gasteiger partial charge in [-0.3, -0.25) is 4.79 Å². The molecular weight excluding hydrogens is 202 g/mol. The fourth-order valence-electron chi connectivity index (χ4n) is 1.18. The molecule has 0 aliphatic heterocycles. The largest absolute Gasteiger partial charge is 0.478 e. The lowest BCUT2D eigenvalue weighted by atomic mass is 10.1. The van der Waals surface area contributed by atoms with Crippen LogP contribution in [0.2, 0.25) is 0 Å². The van der Waals surface area contributed by atoms with Crippen LogP contribution in [-0.2, 0) is 0 Å². The zero-order valence-electron chi connectivity index (χ0n) is 6.93. The average Bonchev–Trinajstić information content (AvgIpc) is 2.59. The second kappa shape index (κ2) is 3.19. The molecule has 0 amide bonds. The molecule has 0 radical (unpaired) electrons. The molecule has 1 aromatic heterocycles. The predicted octanol–water partition coefficient (Wildman–Crippen LogP) is 1.81. The fourth-order valence-corrected chi connectivity index (χ4v) is 1.96. The summed E-state index contributed by atoms with van der Waals surface area (Å²) in [4.78, 5) is 21.2. The van der Waals surface area contributed by atoms with Gasteiger partial charge in [-0.25, -0.2) is 4.79 Å². The highest BCUT2D eigenvalue weighted by molar-refractivity contribution is 7.13. The van der Waals surface area contributed by atoms with Crippen LogP contribution in [0.3, 0.4) is 0 Å². The fraction of sp³-hybridized carbons (Fsp3) is 0. The van der Waals surface area contributed by atoms with Crippen molar-refractivity contribution in [3.8, 4) is 0 Å². The number of benzene rings is 1. The van der Waals surface area contributed by atoms with E-state index >= 15 is 0 Å². The molecule has 0 bridgehead atoms. The van der Waals surface area contributed by atoms with Crippen LogP contribution in [0.15, 0.2) is 18.2 Å². The Bertz CT molecular complexity index is 518. The van der Waals surface area contributed by atoms with Crippen molar-refractivity contribution in [3.05, 3.63) is 29.5 Å². The summed E-state index contributed by atoms with van der Waals surface area (Å²) in [6.45, 7) is 0. The van der Waals surface area contributed by atoms with Crippen LogP contribution >= 0.6 is 11.5 Å². The Morgan fingerprint density at radius 2 is 2.29 bits per heavy atom.